The van der Waals surface area contributed by atoms with Crippen molar-refractivity contribution in [2.24, 2.45) is 0 Å². The van der Waals surface area contributed by atoms with E-state index >= 15 is 0 Å². The van der Waals surface area contributed by atoms with Gasteiger partial charge in [0.2, 0.25) is 5.91 Å². The van der Waals surface area contributed by atoms with Crippen LogP contribution in [0, 0.1) is 0 Å². The zero-order chi connectivity index (χ0) is 16.2. The first-order chi connectivity index (χ1) is 11.2. The average Bonchev–Trinajstić information content (AvgIpc) is 3.16. The highest BCUT2D eigenvalue weighted by molar-refractivity contribution is 8.00. The van der Waals surface area contributed by atoms with Crippen LogP contribution in [0.1, 0.15) is 20.3 Å². The zero-order valence-electron chi connectivity index (χ0n) is 13.0. The molecule has 0 radical (unpaired) electrons. The molecule has 0 unspecified atom stereocenters. The van der Waals surface area contributed by atoms with Crippen LogP contribution in [0.2, 0.25) is 0 Å². The van der Waals surface area contributed by atoms with E-state index in [9.17, 15) is 4.79 Å². The summed E-state index contributed by atoms with van der Waals surface area (Å²) in [6, 6.07) is 8.08. The summed E-state index contributed by atoms with van der Waals surface area (Å²) < 4.78 is 2.19. The number of nitrogens with one attached hydrogen (secondary N) is 1. The Morgan fingerprint density at radius 2 is 2.26 bits per heavy atom. The summed E-state index contributed by atoms with van der Waals surface area (Å²) >= 11 is 2.90. The third-order valence-corrected chi connectivity index (χ3v) is 5.16. The van der Waals surface area contributed by atoms with Crippen molar-refractivity contribution in [3.63, 3.8) is 0 Å². The van der Waals surface area contributed by atoms with Crippen molar-refractivity contribution in [1.82, 2.24) is 14.5 Å². The number of aromatic nitrogens is 3. The summed E-state index contributed by atoms with van der Waals surface area (Å²) in [4.78, 5) is 21.1. The maximum Gasteiger partial charge on any atom is 0.239 e. The van der Waals surface area contributed by atoms with Crippen LogP contribution in [-0.2, 0) is 11.3 Å². The van der Waals surface area contributed by atoms with Gasteiger partial charge in [-0.2, -0.15) is 0 Å². The maximum absolute atomic E-state index is 12.3. The molecule has 2 heterocycles. The molecule has 1 atom stereocenters. The standard InChI is InChI=1S/C16H18N4OS2/c1-3-9-20-13-7-5-4-6-12(13)18-16(20)23-11(2)14(21)19-15-17-8-10-22-15/h4-8,10-11H,3,9H2,1-2H3,(H,17,19,21)/t11-/m1/s1. The van der Waals surface area contributed by atoms with Gasteiger partial charge in [-0.1, -0.05) is 30.8 Å². The number of carbonyl (C=O) groups is 1. The number of benzene rings is 1. The molecule has 0 spiro atoms. The molecule has 120 valence electrons. The first kappa shape index (κ1) is 16.0. The van der Waals surface area contributed by atoms with Gasteiger partial charge in [-0.05, 0) is 25.5 Å². The molecule has 2 aromatic heterocycles. The number of rotatable bonds is 6. The molecule has 1 N–H and O–H groups in total. The highest BCUT2D eigenvalue weighted by Crippen LogP contribution is 2.28. The second-order valence-corrected chi connectivity index (χ2v) is 7.32. The number of aryl methyl sites for hydroxylation is 1. The molecule has 23 heavy (non-hydrogen) atoms. The molecule has 7 heteroatoms. The molecule has 1 aromatic carbocycles. The molecule has 0 saturated carbocycles. The Morgan fingerprint density at radius 3 is 3.00 bits per heavy atom. The SMILES string of the molecule is CCCn1c(S[C@H](C)C(=O)Nc2nccs2)nc2ccccc21. The van der Waals surface area contributed by atoms with Crippen molar-refractivity contribution in [2.75, 3.05) is 5.32 Å². The van der Waals surface area contributed by atoms with E-state index in [0.29, 0.717) is 5.13 Å². The van der Waals surface area contributed by atoms with Crippen LogP contribution in [0.15, 0.2) is 41.0 Å². The van der Waals surface area contributed by atoms with E-state index in [1.807, 2.05) is 30.5 Å². The van der Waals surface area contributed by atoms with Crippen molar-refractivity contribution < 1.29 is 4.79 Å². The monoisotopic (exact) mass is 346 g/mol. The number of hydrogen-bond acceptors (Lipinski definition) is 5. The van der Waals surface area contributed by atoms with Gasteiger partial charge in [0.1, 0.15) is 0 Å². The predicted octanol–water partition coefficient (Wildman–Crippen LogP) is 4.02. The van der Waals surface area contributed by atoms with Crippen LogP contribution in [-0.4, -0.2) is 25.7 Å². The molecule has 0 aliphatic carbocycles. The minimum Gasteiger partial charge on any atom is -0.319 e. The van der Waals surface area contributed by atoms with Gasteiger partial charge in [0.25, 0.3) is 0 Å². The van der Waals surface area contributed by atoms with Crippen LogP contribution >= 0.6 is 23.1 Å². The summed E-state index contributed by atoms with van der Waals surface area (Å²) in [5.41, 5.74) is 2.08. The van der Waals surface area contributed by atoms with E-state index in [1.165, 1.54) is 23.1 Å². The number of anilines is 1. The average molecular weight is 346 g/mol. The molecular formula is C16H18N4OS2. The fourth-order valence-corrected chi connectivity index (χ4v) is 3.77. The lowest BCUT2D eigenvalue weighted by Gasteiger charge is -2.12. The molecule has 0 aliphatic heterocycles. The molecular weight excluding hydrogens is 328 g/mol. The molecule has 0 saturated heterocycles. The topological polar surface area (TPSA) is 59.8 Å². The van der Waals surface area contributed by atoms with Crippen LogP contribution in [0.25, 0.3) is 11.0 Å². The molecule has 0 aliphatic rings. The first-order valence-electron chi connectivity index (χ1n) is 7.51. The van der Waals surface area contributed by atoms with Crippen molar-refractivity contribution in [2.45, 2.75) is 37.2 Å². The predicted molar refractivity (Wildman–Crippen MR) is 96.1 cm³/mol. The van der Waals surface area contributed by atoms with Crippen LogP contribution in [0.5, 0.6) is 0 Å². The minimum atomic E-state index is -0.244. The number of amides is 1. The second kappa shape index (κ2) is 7.14. The number of para-hydroxylation sites is 2. The van der Waals surface area contributed by atoms with Crippen molar-refractivity contribution in [1.29, 1.82) is 0 Å². The summed E-state index contributed by atoms with van der Waals surface area (Å²) in [7, 11) is 0. The quantitative estimate of drug-likeness (QED) is 0.685. The Kier molecular flexibility index (Phi) is 4.97. The van der Waals surface area contributed by atoms with Crippen LogP contribution in [0.4, 0.5) is 5.13 Å². The van der Waals surface area contributed by atoms with Gasteiger partial charge < -0.3 is 9.88 Å². The van der Waals surface area contributed by atoms with Gasteiger partial charge in [-0.15, -0.1) is 11.3 Å². The van der Waals surface area contributed by atoms with Gasteiger partial charge in [-0.25, -0.2) is 9.97 Å². The van der Waals surface area contributed by atoms with Crippen molar-refractivity contribution in [3.05, 3.63) is 35.8 Å². The van der Waals surface area contributed by atoms with Gasteiger partial charge in [0.15, 0.2) is 10.3 Å². The summed E-state index contributed by atoms with van der Waals surface area (Å²) in [6.07, 6.45) is 2.70. The van der Waals surface area contributed by atoms with Crippen molar-refractivity contribution in [3.8, 4) is 0 Å². The smallest absolute Gasteiger partial charge is 0.239 e. The zero-order valence-corrected chi connectivity index (χ0v) is 14.7. The number of thiazole rings is 1. The Morgan fingerprint density at radius 1 is 1.43 bits per heavy atom. The van der Waals surface area contributed by atoms with Gasteiger partial charge in [0.05, 0.1) is 16.3 Å². The molecule has 1 amide bonds. The fourth-order valence-electron chi connectivity index (χ4n) is 2.29. The Bertz CT molecular complexity index is 798. The van der Waals surface area contributed by atoms with E-state index in [0.717, 1.165) is 29.2 Å². The summed E-state index contributed by atoms with van der Waals surface area (Å²) in [5, 5.41) is 5.95. The van der Waals surface area contributed by atoms with Gasteiger partial charge in [-0.3, -0.25) is 4.79 Å². The fraction of sp³-hybridized carbons (Fsp3) is 0.312. The second-order valence-electron chi connectivity index (χ2n) is 5.12. The lowest BCUT2D eigenvalue weighted by molar-refractivity contribution is -0.115. The highest BCUT2D eigenvalue weighted by atomic mass is 32.2. The third kappa shape index (κ3) is 3.56. The Balaban J connectivity index is 1.79. The van der Waals surface area contributed by atoms with E-state index in [1.54, 1.807) is 6.20 Å². The molecule has 0 bridgehead atoms. The minimum absolute atomic E-state index is 0.0555. The Hall–Kier alpha value is -1.86. The Labute approximate surface area is 143 Å². The number of imidazole rings is 1. The van der Waals surface area contributed by atoms with Crippen molar-refractivity contribution >= 4 is 45.2 Å². The maximum atomic E-state index is 12.3. The number of hydrogen-bond donors (Lipinski definition) is 1. The molecule has 3 rings (SSSR count). The summed E-state index contributed by atoms with van der Waals surface area (Å²) in [5.74, 6) is -0.0555. The van der Waals surface area contributed by atoms with Crippen LogP contribution < -0.4 is 5.32 Å². The van der Waals surface area contributed by atoms with E-state index in [2.05, 4.69) is 32.8 Å². The molecule has 3 aromatic rings. The molecule has 0 fully saturated rings. The largest absolute Gasteiger partial charge is 0.319 e. The highest BCUT2D eigenvalue weighted by Gasteiger charge is 2.19. The number of carbonyl (C=O) groups excluding carboxylic acids is 1. The first-order valence-corrected chi connectivity index (χ1v) is 9.27. The number of fused-ring (bicyclic) bond motifs is 1. The van der Waals surface area contributed by atoms with E-state index in [4.69, 9.17) is 0 Å². The van der Waals surface area contributed by atoms with Crippen LogP contribution in [0.3, 0.4) is 0 Å². The number of thioether (sulfide) groups is 1. The number of nitrogens with zero attached hydrogens (tertiary/aromatic N) is 3. The van der Waals surface area contributed by atoms with Gasteiger partial charge >= 0.3 is 0 Å². The molecule has 5 nitrogen and oxygen atoms in total. The lowest BCUT2D eigenvalue weighted by Crippen LogP contribution is -2.22. The van der Waals surface area contributed by atoms with Gasteiger partial charge in [0, 0.05) is 18.1 Å². The summed E-state index contributed by atoms with van der Waals surface area (Å²) in [6.45, 7) is 4.93. The van der Waals surface area contributed by atoms with E-state index in [-0.39, 0.29) is 11.2 Å². The normalized spacial score (nSPS) is 12.4. The lowest BCUT2D eigenvalue weighted by atomic mass is 10.3. The van der Waals surface area contributed by atoms with E-state index < -0.39 is 0 Å². The third-order valence-electron chi connectivity index (χ3n) is 3.38.